The third-order valence-corrected chi connectivity index (χ3v) is 6.41. The van der Waals surface area contributed by atoms with Gasteiger partial charge in [-0.25, -0.2) is 0 Å². The second-order valence-electron chi connectivity index (χ2n) is 6.79. The lowest BCUT2D eigenvalue weighted by Gasteiger charge is -2.29. The lowest BCUT2D eigenvalue weighted by Crippen LogP contribution is -2.39. The first-order valence-electron chi connectivity index (χ1n) is 8.88. The molecule has 1 saturated carbocycles. The molecule has 4 rings (SSSR count). The van der Waals surface area contributed by atoms with Crippen molar-refractivity contribution < 1.29 is 9.53 Å². The van der Waals surface area contributed by atoms with E-state index in [1.807, 2.05) is 42.2 Å². The number of carbonyl (C=O) groups excluding carboxylic acids is 1. The van der Waals surface area contributed by atoms with Gasteiger partial charge in [-0.3, -0.25) is 9.69 Å². The van der Waals surface area contributed by atoms with Gasteiger partial charge >= 0.3 is 0 Å². The maximum absolute atomic E-state index is 12.9. The average molecular weight is 372 g/mol. The molecule has 2 aliphatic heterocycles. The van der Waals surface area contributed by atoms with Crippen molar-refractivity contribution in [2.75, 3.05) is 0 Å². The highest BCUT2D eigenvalue weighted by atomic mass is 32.2. The van der Waals surface area contributed by atoms with Crippen molar-refractivity contribution >= 4 is 40.3 Å². The van der Waals surface area contributed by atoms with E-state index in [9.17, 15) is 4.79 Å². The van der Waals surface area contributed by atoms with Gasteiger partial charge in [0.05, 0.1) is 4.91 Å². The fourth-order valence-corrected chi connectivity index (χ4v) is 5.11. The highest BCUT2D eigenvalue weighted by Gasteiger charge is 2.37. The molecular formula is C20H21NO2S2. The minimum atomic E-state index is -0.0758. The Balaban J connectivity index is 1.60. The van der Waals surface area contributed by atoms with Crippen molar-refractivity contribution in [2.24, 2.45) is 0 Å². The molecule has 3 nitrogen and oxygen atoms in total. The normalized spacial score (nSPS) is 25.8. The monoisotopic (exact) mass is 371 g/mol. The number of ether oxygens (including phenoxy) is 1. The maximum atomic E-state index is 12.9. The number of thiocarbonyl (C=S) groups is 1. The average Bonchev–Trinajstić information content (AvgIpc) is 2.90. The molecule has 1 aromatic rings. The summed E-state index contributed by atoms with van der Waals surface area (Å²) in [6.45, 7) is 2.01. The van der Waals surface area contributed by atoms with Gasteiger partial charge in [-0.05, 0) is 43.6 Å². The van der Waals surface area contributed by atoms with Crippen LogP contribution in [0, 0.1) is 0 Å². The number of nitrogens with zero attached hydrogens (tertiary/aromatic N) is 1. The van der Waals surface area contributed by atoms with Crippen molar-refractivity contribution in [2.45, 2.75) is 51.2 Å². The first-order valence-corrected chi connectivity index (χ1v) is 10.1. The van der Waals surface area contributed by atoms with E-state index in [1.165, 1.54) is 31.0 Å². The molecule has 130 valence electrons. The number of para-hydroxylation sites is 1. The van der Waals surface area contributed by atoms with Crippen LogP contribution in [-0.4, -0.2) is 27.3 Å². The van der Waals surface area contributed by atoms with Gasteiger partial charge in [0.1, 0.15) is 16.2 Å². The molecule has 1 atom stereocenters. The Morgan fingerprint density at radius 1 is 1.24 bits per heavy atom. The molecular weight excluding hydrogens is 350 g/mol. The molecule has 1 aliphatic carbocycles. The van der Waals surface area contributed by atoms with E-state index in [0.29, 0.717) is 4.32 Å². The van der Waals surface area contributed by atoms with Gasteiger partial charge in [0.15, 0.2) is 0 Å². The van der Waals surface area contributed by atoms with Gasteiger partial charge in [-0.2, -0.15) is 0 Å². The van der Waals surface area contributed by atoms with Gasteiger partial charge in [-0.1, -0.05) is 61.4 Å². The van der Waals surface area contributed by atoms with Crippen molar-refractivity contribution in [1.82, 2.24) is 4.90 Å². The highest BCUT2D eigenvalue weighted by molar-refractivity contribution is 8.26. The lowest BCUT2D eigenvalue weighted by atomic mass is 9.94. The molecule has 0 bridgehead atoms. The number of amides is 1. The second kappa shape index (κ2) is 6.96. The second-order valence-corrected chi connectivity index (χ2v) is 8.46. The molecule has 0 aromatic heterocycles. The Morgan fingerprint density at radius 2 is 2.00 bits per heavy atom. The Morgan fingerprint density at radius 3 is 2.80 bits per heavy atom. The predicted octanol–water partition coefficient (Wildman–Crippen LogP) is 4.93. The van der Waals surface area contributed by atoms with Crippen molar-refractivity contribution in [3.8, 4) is 5.75 Å². The zero-order valence-electron chi connectivity index (χ0n) is 14.2. The number of carbonyl (C=O) groups is 1. The largest absolute Gasteiger partial charge is 0.485 e. The van der Waals surface area contributed by atoms with Crippen LogP contribution in [0.1, 0.15) is 44.6 Å². The van der Waals surface area contributed by atoms with E-state index in [1.54, 1.807) is 0 Å². The molecule has 25 heavy (non-hydrogen) atoms. The number of benzene rings is 1. The minimum absolute atomic E-state index is 0.0638. The molecule has 3 aliphatic rings. The quantitative estimate of drug-likeness (QED) is 0.545. The van der Waals surface area contributed by atoms with Crippen LogP contribution in [0.5, 0.6) is 5.75 Å². The maximum Gasteiger partial charge on any atom is 0.266 e. The highest BCUT2D eigenvalue weighted by Crippen LogP contribution is 2.38. The number of thioether (sulfide) groups is 1. The predicted molar refractivity (Wildman–Crippen MR) is 107 cm³/mol. The van der Waals surface area contributed by atoms with Gasteiger partial charge < -0.3 is 4.74 Å². The van der Waals surface area contributed by atoms with Crippen molar-refractivity contribution in [1.29, 1.82) is 0 Å². The van der Waals surface area contributed by atoms with Crippen LogP contribution < -0.4 is 4.74 Å². The molecule has 2 heterocycles. The van der Waals surface area contributed by atoms with E-state index in [-0.39, 0.29) is 18.1 Å². The first-order chi connectivity index (χ1) is 12.1. The topological polar surface area (TPSA) is 29.5 Å². The molecule has 0 unspecified atom stereocenters. The lowest BCUT2D eigenvalue weighted by molar-refractivity contribution is -0.124. The third kappa shape index (κ3) is 3.27. The van der Waals surface area contributed by atoms with Gasteiger partial charge in [0.2, 0.25) is 0 Å². The molecule has 2 fully saturated rings. The standard InChI is InChI=1S/C20H21NO2S2/c1-13-15(11-14-7-5-6-10-17(14)23-13)12-18-19(22)21(20(24)25-18)16-8-3-2-4-9-16/h5-7,10-13,16H,2-4,8-9H2,1H3/b18-12+/t13-/m0/s1. The molecule has 0 N–H and O–H groups in total. The van der Waals surface area contributed by atoms with Crippen LogP contribution in [0.25, 0.3) is 6.08 Å². The van der Waals surface area contributed by atoms with E-state index in [4.69, 9.17) is 17.0 Å². The summed E-state index contributed by atoms with van der Waals surface area (Å²) in [5.74, 6) is 0.954. The van der Waals surface area contributed by atoms with Crippen molar-refractivity contribution in [3.05, 3.63) is 46.4 Å². The van der Waals surface area contributed by atoms with Crippen molar-refractivity contribution in [3.63, 3.8) is 0 Å². The van der Waals surface area contributed by atoms with Gasteiger partial charge in [0.25, 0.3) is 5.91 Å². The van der Waals surface area contributed by atoms with Crippen LogP contribution in [0.3, 0.4) is 0 Å². The summed E-state index contributed by atoms with van der Waals surface area (Å²) in [6, 6.07) is 8.25. The van der Waals surface area contributed by atoms with E-state index in [0.717, 1.165) is 34.6 Å². The Bertz CT molecular complexity index is 778. The summed E-state index contributed by atoms with van der Waals surface area (Å²) >= 11 is 6.94. The van der Waals surface area contributed by atoms with E-state index >= 15 is 0 Å². The van der Waals surface area contributed by atoms with Crippen LogP contribution >= 0.6 is 24.0 Å². The molecule has 0 spiro atoms. The van der Waals surface area contributed by atoms with Crippen LogP contribution in [0.2, 0.25) is 0 Å². The number of hydrogen-bond donors (Lipinski definition) is 0. The summed E-state index contributed by atoms with van der Waals surface area (Å²) in [4.78, 5) is 15.5. The summed E-state index contributed by atoms with van der Waals surface area (Å²) in [5, 5.41) is 0. The van der Waals surface area contributed by atoms with Gasteiger partial charge in [-0.15, -0.1) is 0 Å². The summed E-state index contributed by atoms with van der Waals surface area (Å²) in [7, 11) is 0. The minimum Gasteiger partial charge on any atom is -0.485 e. The fraction of sp³-hybridized carbons (Fsp3) is 0.400. The van der Waals surface area contributed by atoms with E-state index in [2.05, 4.69) is 6.08 Å². The SMILES string of the molecule is C[C@@H]1Oc2ccccc2C=C1/C=C1/SC(=S)N(C2CCCCC2)C1=O. The summed E-state index contributed by atoms with van der Waals surface area (Å²) < 4.78 is 6.68. The number of fused-ring (bicyclic) bond motifs is 1. The summed E-state index contributed by atoms with van der Waals surface area (Å²) in [5.41, 5.74) is 2.07. The Kier molecular flexibility index (Phi) is 4.69. The number of hydrogen-bond acceptors (Lipinski definition) is 4. The molecule has 0 radical (unpaired) electrons. The molecule has 1 aromatic carbocycles. The van der Waals surface area contributed by atoms with E-state index < -0.39 is 0 Å². The molecule has 1 saturated heterocycles. The zero-order valence-corrected chi connectivity index (χ0v) is 15.9. The smallest absolute Gasteiger partial charge is 0.266 e. The molecule has 1 amide bonds. The summed E-state index contributed by atoms with van der Waals surface area (Å²) in [6.07, 6.45) is 9.76. The number of rotatable bonds is 2. The Labute approximate surface area is 158 Å². The fourth-order valence-electron chi connectivity index (χ4n) is 3.71. The van der Waals surface area contributed by atoms with Crippen LogP contribution in [0.15, 0.2) is 40.8 Å². The Hall–Kier alpha value is -1.59. The zero-order chi connectivity index (χ0) is 17.4. The van der Waals surface area contributed by atoms with Crippen LogP contribution in [-0.2, 0) is 4.79 Å². The first kappa shape index (κ1) is 16.9. The third-order valence-electron chi connectivity index (χ3n) is 5.08. The van der Waals surface area contributed by atoms with Crippen LogP contribution in [0.4, 0.5) is 0 Å². The molecule has 5 heteroatoms. The van der Waals surface area contributed by atoms with Gasteiger partial charge in [0, 0.05) is 11.6 Å².